The molecule has 7 heteroatoms. The van der Waals surface area contributed by atoms with Crippen molar-refractivity contribution in [2.45, 2.75) is 33.3 Å². The number of hydrogen-bond donors (Lipinski definition) is 0. The minimum absolute atomic E-state index is 0.172. The number of ether oxygens (including phenoxy) is 1. The Morgan fingerprint density at radius 1 is 1.17 bits per heavy atom. The number of nitrogens with zero attached hydrogens (tertiary/aromatic N) is 4. The number of amides is 1. The fraction of sp³-hybridized carbons (Fsp3) is 0.261. The second-order valence-corrected chi connectivity index (χ2v) is 7.68. The summed E-state index contributed by atoms with van der Waals surface area (Å²) >= 11 is 6.18. The maximum Gasteiger partial charge on any atom is 0.227 e. The van der Waals surface area contributed by atoms with Crippen LogP contribution in [0.15, 0.2) is 42.5 Å². The summed E-state index contributed by atoms with van der Waals surface area (Å²) < 4.78 is 7.79. The predicted octanol–water partition coefficient (Wildman–Crippen LogP) is 4.72. The smallest absolute Gasteiger partial charge is 0.227 e. The maximum absolute atomic E-state index is 11.9. The average Bonchev–Trinajstić information content (AvgIpc) is 3.29. The lowest BCUT2D eigenvalue weighted by atomic mass is 10.2. The third kappa shape index (κ3) is 3.77. The molecule has 3 aromatic rings. The molecule has 30 heavy (non-hydrogen) atoms. The Balaban J connectivity index is 1.50. The van der Waals surface area contributed by atoms with Crippen molar-refractivity contribution in [1.82, 2.24) is 9.78 Å². The van der Waals surface area contributed by atoms with Crippen LogP contribution in [0.1, 0.15) is 35.4 Å². The van der Waals surface area contributed by atoms with Gasteiger partial charge < -0.3 is 9.64 Å². The third-order valence-electron chi connectivity index (χ3n) is 5.36. The van der Waals surface area contributed by atoms with Crippen LogP contribution in [-0.4, -0.2) is 22.2 Å². The zero-order valence-corrected chi connectivity index (χ0v) is 17.6. The van der Waals surface area contributed by atoms with E-state index >= 15 is 0 Å². The molecule has 2 aromatic carbocycles. The molecule has 4 rings (SSSR count). The van der Waals surface area contributed by atoms with Crippen molar-refractivity contribution >= 4 is 23.2 Å². The Kier molecular flexibility index (Phi) is 5.47. The average molecular weight is 421 g/mol. The van der Waals surface area contributed by atoms with Gasteiger partial charge in [0.1, 0.15) is 18.4 Å². The van der Waals surface area contributed by atoms with Crippen LogP contribution in [0.25, 0.3) is 5.69 Å². The third-order valence-corrected chi connectivity index (χ3v) is 5.68. The van der Waals surface area contributed by atoms with Crippen molar-refractivity contribution < 1.29 is 9.53 Å². The van der Waals surface area contributed by atoms with E-state index in [1.165, 1.54) is 0 Å². The molecule has 0 N–H and O–H groups in total. The second-order valence-electron chi connectivity index (χ2n) is 7.27. The highest BCUT2D eigenvalue weighted by atomic mass is 35.5. The summed E-state index contributed by atoms with van der Waals surface area (Å²) in [4.78, 5) is 13.7. The summed E-state index contributed by atoms with van der Waals surface area (Å²) in [5.41, 5.74) is 4.95. The molecule has 0 saturated carbocycles. The van der Waals surface area contributed by atoms with Gasteiger partial charge >= 0.3 is 0 Å². The number of nitriles is 1. The van der Waals surface area contributed by atoms with Crippen molar-refractivity contribution in [2.24, 2.45) is 0 Å². The van der Waals surface area contributed by atoms with Crippen molar-refractivity contribution in [3.63, 3.8) is 0 Å². The van der Waals surface area contributed by atoms with Gasteiger partial charge in [0.25, 0.3) is 0 Å². The molecule has 1 amide bonds. The fourth-order valence-corrected chi connectivity index (χ4v) is 3.88. The summed E-state index contributed by atoms with van der Waals surface area (Å²) in [5, 5.41) is 14.1. The number of aryl methyl sites for hydroxylation is 1. The molecule has 1 aliphatic rings. The molecule has 0 radical (unpaired) electrons. The lowest BCUT2D eigenvalue weighted by Crippen LogP contribution is -2.23. The number of carbonyl (C=O) groups is 1. The first-order chi connectivity index (χ1) is 14.5. The van der Waals surface area contributed by atoms with E-state index in [9.17, 15) is 4.79 Å². The maximum atomic E-state index is 11.9. The first-order valence-electron chi connectivity index (χ1n) is 9.76. The Labute approximate surface area is 180 Å². The molecule has 0 bridgehead atoms. The van der Waals surface area contributed by atoms with Crippen LogP contribution in [0.5, 0.6) is 5.75 Å². The van der Waals surface area contributed by atoms with E-state index in [1.54, 1.807) is 12.1 Å². The Hall–Kier alpha value is -3.30. The van der Waals surface area contributed by atoms with E-state index in [-0.39, 0.29) is 5.91 Å². The lowest BCUT2D eigenvalue weighted by Gasteiger charge is -2.16. The summed E-state index contributed by atoms with van der Waals surface area (Å²) in [5.74, 6) is 0.906. The Bertz CT molecular complexity index is 1150. The van der Waals surface area contributed by atoms with Crippen molar-refractivity contribution in [3.05, 3.63) is 70.0 Å². The lowest BCUT2D eigenvalue weighted by molar-refractivity contribution is -0.117. The second kappa shape index (κ2) is 8.21. The van der Waals surface area contributed by atoms with Gasteiger partial charge in [-0.2, -0.15) is 10.4 Å². The van der Waals surface area contributed by atoms with Crippen molar-refractivity contribution in [2.75, 3.05) is 11.4 Å². The van der Waals surface area contributed by atoms with Gasteiger partial charge in [0.05, 0.1) is 22.0 Å². The van der Waals surface area contributed by atoms with Gasteiger partial charge in [0.2, 0.25) is 5.91 Å². The monoisotopic (exact) mass is 420 g/mol. The highest BCUT2D eigenvalue weighted by Crippen LogP contribution is 2.26. The van der Waals surface area contributed by atoms with Crippen molar-refractivity contribution in [1.29, 1.82) is 5.26 Å². The van der Waals surface area contributed by atoms with Gasteiger partial charge in [0.15, 0.2) is 0 Å². The van der Waals surface area contributed by atoms with Crippen LogP contribution in [0.3, 0.4) is 0 Å². The molecule has 0 unspecified atom stereocenters. The van der Waals surface area contributed by atoms with Crippen LogP contribution in [0.4, 0.5) is 5.69 Å². The van der Waals surface area contributed by atoms with Gasteiger partial charge in [-0.05, 0) is 62.7 Å². The van der Waals surface area contributed by atoms with E-state index in [0.29, 0.717) is 23.6 Å². The number of benzene rings is 2. The molecule has 0 spiro atoms. The molecule has 1 saturated heterocycles. The molecular weight excluding hydrogens is 400 g/mol. The number of aromatic nitrogens is 2. The molecule has 152 valence electrons. The molecule has 1 aromatic heterocycles. The normalized spacial score (nSPS) is 13.5. The van der Waals surface area contributed by atoms with Crippen LogP contribution in [-0.2, 0) is 11.4 Å². The van der Waals surface area contributed by atoms with Crippen LogP contribution >= 0.6 is 11.6 Å². The Morgan fingerprint density at radius 3 is 2.53 bits per heavy atom. The van der Waals surface area contributed by atoms with Gasteiger partial charge in [-0.3, -0.25) is 4.79 Å². The summed E-state index contributed by atoms with van der Waals surface area (Å²) in [6, 6.07) is 14.9. The van der Waals surface area contributed by atoms with E-state index in [4.69, 9.17) is 21.6 Å². The van der Waals surface area contributed by atoms with Gasteiger partial charge in [-0.1, -0.05) is 11.6 Å². The first kappa shape index (κ1) is 20.0. The van der Waals surface area contributed by atoms with E-state index in [0.717, 1.165) is 47.0 Å². The number of halogens is 1. The van der Waals surface area contributed by atoms with Crippen LogP contribution in [0, 0.1) is 25.2 Å². The first-order valence-corrected chi connectivity index (χ1v) is 10.1. The summed E-state index contributed by atoms with van der Waals surface area (Å²) in [6.07, 6.45) is 1.52. The molecule has 0 aliphatic carbocycles. The number of carbonyl (C=O) groups excluding carboxylic acids is 1. The molecule has 0 atom stereocenters. The fourth-order valence-electron chi connectivity index (χ4n) is 3.66. The topological polar surface area (TPSA) is 71.2 Å². The number of anilines is 1. The van der Waals surface area contributed by atoms with Crippen molar-refractivity contribution in [3.8, 4) is 17.5 Å². The molecule has 1 aliphatic heterocycles. The SMILES string of the molecule is Cc1nn(-c2ccc(C#N)c(Cl)c2)c(C)c1COc1ccc(N2CCCC2=O)cc1. The summed E-state index contributed by atoms with van der Waals surface area (Å²) in [6.45, 7) is 5.07. The zero-order chi connectivity index (χ0) is 21.3. The number of hydrogen-bond acceptors (Lipinski definition) is 4. The molecule has 1 fully saturated rings. The standard InChI is InChI=1S/C23H21ClN4O2/c1-15-21(16(2)28(26-15)19-6-5-17(13-25)22(24)12-19)14-30-20-9-7-18(8-10-20)27-11-3-4-23(27)29/h5-10,12H,3-4,11,14H2,1-2H3. The van der Waals surface area contributed by atoms with Gasteiger partial charge in [0, 0.05) is 29.9 Å². The molecular formula is C23H21ClN4O2. The largest absolute Gasteiger partial charge is 0.489 e. The highest BCUT2D eigenvalue weighted by molar-refractivity contribution is 6.31. The molecule has 6 nitrogen and oxygen atoms in total. The zero-order valence-electron chi connectivity index (χ0n) is 16.9. The van der Waals surface area contributed by atoms with Crippen LogP contribution < -0.4 is 9.64 Å². The van der Waals surface area contributed by atoms with E-state index < -0.39 is 0 Å². The van der Waals surface area contributed by atoms with Gasteiger partial charge in [-0.25, -0.2) is 4.68 Å². The van der Waals surface area contributed by atoms with E-state index in [2.05, 4.69) is 11.2 Å². The molecule has 2 heterocycles. The summed E-state index contributed by atoms with van der Waals surface area (Å²) in [7, 11) is 0. The quantitative estimate of drug-likeness (QED) is 0.598. The highest BCUT2D eigenvalue weighted by Gasteiger charge is 2.21. The minimum atomic E-state index is 0.172. The Morgan fingerprint density at radius 2 is 1.90 bits per heavy atom. The predicted molar refractivity (Wildman–Crippen MR) is 115 cm³/mol. The van der Waals surface area contributed by atoms with E-state index in [1.807, 2.05) is 53.8 Å². The van der Waals surface area contributed by atoms with Crippen LogP contribution in [0.2, 0.25) is 5.02 Å². The number of rotatable bonds is 5. The van der Waals surface area contributed by atoms with Gasteiger partial charge in [-0.15, -0.1) is 0 Å². The minimum Gasteiger partial charge on any atom is -0.489 e.